The molecule has 0 saturated carbocycles. The quantitative estimate of drug-likeness (QED) is 0.203. The fraction of sp³-hybridized carbons (Fsp3) is 1.00. The first-order valence-electron chi connectivity index (χ1n) is 8.97. The second kappa shape index (κ2) is 21.5. The Morgan fingerprint density at radius 2 is 0.700 bits per heavy atom. The van der Waals surface area contributed by atoms with Gasteiger partial charge in [0.25, 0.3) is 0 Å². The van der Waals surface area contributed by atoms with E-state index >= 15 is 0 Å². The molecule has 0 amide bonds. The van der Waals surface area contributed by atoms with Crippen molar-refractivity contribution in [3.63, 3.8) is 0 Å². The van der Waals surface area contributed by atoms with E-state index in [1.807, 2.05) is 0 Å². The predicted molar refractivity (Wildman–Crippen MR) is 92.8 cm³/mol. The van der Waals surface area contributed by atoms with Crippen molar-refractivity contribution in [3.05, 3.63) is 0 Å². The summed E-state index contributed by atoms with van der Waals surface area (Å²) in [4.78, 5) is 0. The summed E-state index contributed by atoms with van der Waals surface area (Å²) in [6.07, 6.45) is 22.8. The Hall–Kier alpha value is 0.220. The first-order chi connectivity index (χ1) is 9.41. The zero-order valence-electron chi connectivity index (χ0n) is 13.8. The zero-order chi connectivity index (χ0) is 14.0. The van der Waals surface area contributed by atoms with Crippen molar-refractivity contribution in [3.8, 4) is 0 Å². The Bertz CT molecular complexity index is 134. The van der Waals surface area contributed by atoms with Crippen LogP contribution in [0.5, 0.6) is 0 Å². The molecule has 0 aromatic carbocycles. The van der Waals surface area contributed by atoms with E-state index in [0.717, 1.165) is 5.88 Å². The van der Waals surface area contributed by atoms with Gasteiger partial charge in [0.2, 0.25) is 0 Å². The van der Waals surface area contributed by atoms with Crippen molar-refractivity contribution in [2.24, 2.45) is 0 Å². The van der Waals surface area contributed by atoms with Crippen LogP contribution in [0, 0.1) is 0 Å². The molecular formula is C18H38ClF. The van der Waals surface area contributed by atoms with E-state index in [1.54, 1.807) is 0 Å². The summed E-state index contributed by atoms with van der Waals surface area (Å²) >= 11 is 5.66. The van der Waals surface area contributed by atoms with E-state index in [0.29, 0.717) is 0 Å². The molecule has 0 unspecified atom stereocenters. The summed E-state index contributed by atoms with van der Waals surface area (Å²) in [6, 6.07) is 0. The first kappa shape index (κ1) is 22.5. The van der Waals surface area contributed by atoms with Crippen molar-refractivity contribution >= 4 is 11.6 Å². The van der Waals surface area contributed by atoms with Crippen LogP contribution in [0.25, 0.3) is 0 Å². The predicted octanol–water partition coefficient (Wildman–Crippen LogP) is 7.64. The molecule has 0 heterocycles. The van der Waals surface area contributed by atoms with Gasteiger partial charge in [-0.1, -0.05) is 103 Å². The number of rotatable bonds is 16. The van der Waals surface area contributed by atoms with E-state index in [9.17, 15) is 0 Å². The lowest BCUT2D eigenvalue weighted by Gasteiger charge is -2.03. The van der Waals surface area contributed by atoms with Gasteiger partial charge < -0.3 is 0 Å². The Balaban J connectivity index is 0. The van der Waals surface area contributed by atoms with Crippen molar-refractivity contribution in [1.29, 1.82) is 0 Å². The summed E-state index contributed by atoms with van der Waals surface area (Å²) in [5.41, 5.74) is 0. The first-order valence-corrected chi connectivity index (χ1v) is 9.51. The van der Waals surface area contributed by atoms with Gasteiger partial charge in [-0.05, 0) is 6.42 Å². The highest BCUT2D eigenvalue weighted by atomic mass is 35.5. The number of hydrogen-bond acceptors (Lipinski definition) is 0. The van der Waals surface area contributed by atoms with Gasteiger partial charge in [0.05, 0.1) is 0 Å². The number of halogens is 2. The molecule has 0 aliphatic heterocycles. The standard InChI is InChI=1S/C18H37Cl.FH/c1-2-3-4-5-6-7-8-9-10-11-12-13-14-15-16-17-18-19;/h2-18H2,1H3;1H. The average Bonchev–Trinajstić information content (AvgIpc) is 2.43. The van der Waals surface area contributed by atoms with E-state index in [1.165, 1.54) is 103 Å². The van der Waals surface area contributed by atoms with Gasteiger partial charge in [-0.2, -0.15) is 0 Å². The molecule has 0 rings (SSSR count). The summed E-state index contributed by atoms with van der Waals surface area (Å²) in [7, 11) is 0. The van der Waals surface area contributed by atoms with Gasteiger partial charge in [0.15, 0.2) is 0 Å². The minimum Gasteiger partial charge on any atom is -0.269 e. The van der Waals surface area contributed by atoms with E-state index < -0.39 is 0 Å². The smallest absolute Gasteiger partial charge is 0.0223 e. The average molecular weight is 309 g/mol. The van der Waals surface area contributed by atoms with Gasteiger partial charge in [-0.3, -0.25) is 4.70 Å². The van der Waals surface area contributed by atoms with Crippen LogP contribution in [-0.2, 0) is 0 Å². The SMILES string of the molecule is CCCCCCCCCCCCCCCCCCCl.F. The maximum Gasteiger partial charge on any atom is 0.0223 e. The minimum atomic E-state index is 0. The van der Waals surface area contributed by atoms with Crippen molar-refractivity contribution in [1.82, 2.24) is 0 Å². The van der Waals surface area contributed by atoms with Crippen LogP contribution in [0.2, 0.25) is 0 Å². The van der Waals surface area contributed by atoms with E-state index in [4.69, 9.17) is 11.6 Å². The summed E-state index contributed by atoms with van der Waals surface area (Å²) in [6.45, 7) is 2.29. The summed E-state index contributed by atoms with van der Waals surface area (Å²) in [5.74, 6) is 0.846. The minimum absolute atomic E-state index is 0. The van der Waals surface area contributed by atoms with Crippen molar-refractivity contribution in [2.45, 2.75) is 110 Å². The second-order valence-corrected chi connectivity index (χ2v) is 6.37. The Labute approximate surface area is 132 Å². The van der Waals surface area contributed by atoms with Gasteiger partial charge in [0.1, 0.15) is 0 Å². The fourth-order valence-electron chi connectivity index (χ4n) is 2.64. The Kier molecular flexibility index (Phi) is 24.2. The van der Waals surface area contributed by atoms with Crippen molar-refractivity contribution < 1.29 is 4.70 Å². The molecule has 0 aromatic rings. The Morgan fingerprint density at radius 3 is 0.950 bits per heavy atom. The third-order valence-corrected chi connectivity index (χ3v) is 4.25. The van der Waals surface area contributed by atoms with Gasteiger partial charge in [-0.25, -0.2) is 0 Å². The van der Waals surface area contributed by atoms with Crippen LogP contribution in [-0.4, -0.2) is 5.88 Å². The molecule has 2 heteroatoms. The molecule has 0 fully saturated rings. The molecule has 0 radical (unpaired) electrons. The molecule has 0 spiro atoms. The van der Waals surface area contributed by atoms with Crippen LogP contribution in [0.3, 0.4) is 0 Å². The van der Waals surface area contributed by atoms with Crippen LogP contribution in [0.4, 0.5) is 4.70 Å². The number of alkyl halides is 1. The van der Waals surface area contributed by atoms with E-state index in [-0.39, 0.29) is 4.70 Å². The second-order valence-electron chi connectivity index (χ2n) is 5.99. The molecule has 0 bridgehead atoms. The maximum atomic E-state index is 5.66. The topological polar surface area (TPSA) is 0 Å². The summed E-state index contributed by atoms with van der Waals surface area (Å²) in [5, 5.41) is 0. The maximum absolute atomic E-state index is 5.66. The highest BCUT2D eigenvalue weighted by molar-refractivity contribution is 6.17. The third kappa shape index (κ3) is 20.5. The molecular weight excluding hydrogens is 271 g/mol. The lowest BCUT2D eigenvalue weighted by atomic mass is 10.0. The van der Waals surface area contributed by atoms with E-state index in [2.05, 4.69) is 6.92 Å². The molecule has 20 heavy (non-hydrogen) atoms. The third-order valence-electron chi connectivity index (χ3n) is 3.99. The molecule has 124 valence electrons. The van der Waals surface area contributed by atoms with Gasteiger partial charge in [0, 0.05) is 5.88 Å². The normalized spacial score (nSPS) is 10.5. The van der Waals surface area contributed by atoms with Crippen LogP contribution in [0.15, 0.2) is 0 Å². The van der Waals surface area contributed by atoms with Crippen molar-refractivity contribution in [2.75, 3.05) is 5.88 Å². The van der Waals surface area contributed by atoms with Crippen LogP contribution >= 0.6 is 11.6 Å². The number of hydrogen-bond donors (Lipinski definition) is 0. The lowest BCUT2D eigenvalue weighted by molar-refractivity contribution is 0.531. The molecule has 0 atom stereocenters. The van der Waals surface area contributed by atoms with Gasteiger partial charge in [-0.15, -0.1) is 11.6 Å². The van der Waals surface area contributed by atoms with Gasteiger partial charge >= 0.3 is 0 Å². The fourth-order valence-corrected chi connectivity index (χ4v) is 2.83. The highest BCUT2D eigenvalue weighted by Crippen LogP contribution is 2.13. The largest absolute Gasteiger partial charge is 0.269 e. The molecule has 0 aliphatic rings. The molecule has 0 saturated heterocycles. The number of unbranched alkanes of at least 4 members (excludes halogenated alkanes) is 15. The molecule has 0 nitrogen and oxygen atoms in total. The Morgan fingerprint density at radius 1 is 0.450 bits per heavy atom. The molecule has 0 N–H and O–H groups in total. The highest BCUT2D eigenvalue weighted by Gasteiger charge is 1.94. The zero-order valence-corrected chi connectivity index (χ0v) is 14.6. The lowest BCUT2D eigenvalue weighted by Crippen LogP contribution is -1.83. The molecule has 0 aromatic heterocycles. The van der Waals surface area contributed by atoms with Crippen LogP contribution in [0.1, 0.15) is 110 Å². The summed E-state index contributed by atoms with van der Waals surface area (Å²) < 4.78 is 0. The molecule has 0 aliphatic carbocycles. The monoisotopic (exact) mass is 308 g/mol. The van der Waals surface area contributed by atoms with Crippen LogP contribution < -0.4 is 0 Å².